The first kappa shape index (κ1) is 22.7. The Hall–Kier alpha value is -2.46. The molecule has 0 unspecified atom stereocenters. The summed E-state index contributed by atoms with van der Waals surface area (Å²) in [6, 6.07) is 9.87. The molecule has 0 bridgehead atoms. The largest absolute Gasteiger partial charge is 0.495 e. The molecule has 2 aliphatic rings. The van der Waals surface area contributed by atoms with E-state index in [9.17, 15) is 0 Å². The number of halogens is 1. The molecule has 4 nitrogen and oxygen atoms in total. The van der Waals surface area contributed by atoms with Gasteiger partial charge in [-0.25, -0.2) is 4.68 Å². The fourth-order valence-electron chi connectivity index (χ4n) is 5.10. The Balaban J connectivity index is 1.73. The van der Waals surface area contributed by atoms with Crippen molar-refractivity contribution in [1.29, 1.82) is 0 Å². The number of ether oxygens (including phenoxy) is 2. The highest BCUT2D eigenvalue weighted by molar-refractivity contribution is 6.30. The van der Waals surface area contributed by atoms with E-state index < -0.39 is 0 Å². The molecule has 5 heteroatoms. The average molecular weight is 453 g/mol. The zero-order chi connectivity index (χ0) is 23.1. The number of allylic oxidation sites excluding steroid dienone is 4. The van der Waals surface area contributed by atoms with E-state index in [1.807, 2.05) is 41.1 Å². The lowest BCUT2D eigenvalue weighted by Crippen LogP contribution is -2.41. The van der Waals surface area contributed by atoms with Crippen LogP contribution in [0.1, 0.15) is 53.4 Å². The Morgan fingerprint density at radius 2 is 1.75 bits per heavy atom. The second-order valence-corrected chi connectivity index (χ2v) is 10.6. The molecule has 2 aromatic rings. The Kier molecular flexibility index (Phi) is 6.02. The van der Waals surface area contributed by atoms with Crippen molar-refractivity contribution < 1.29 is 9.47 Å². The third kappa shape index (κ3) is 4.38. The molecule has 2 aliphatic carbocycles. The summed E-state index contributed by atoms with van der Waals surface area (Å²) in [4.78, 5) is 0. The number of hydrogen-bond acceptors (Lipinski definition) is 3. The number of benzene rings is 1. The molecule has 0 N–H and O–H groups in total. The minimum Gasteiger partial charge on any atom is -0.495 e. The Morgan fingerprint density at radius 3 is 2.38 bits per heavy atom. The van der Waals surface area contributed by atoms with Gasteiger partial charge in [-0.1, -0.05) is 69.7 Å². The van der Waals surface area contributed by atoms with Crippen molar-refractivity contribution in [3.8, 4) is 17.1 Å². The SMILES string of the molecule is C=C1C(C)(C)CC(Oc2cc(-c3ccc(Cl)cc3)n(C3=C(OC)C=CCC3)n2)CC1(C)C. The van der Waals surface area contributed by atoms with Gasteiger partial charge in [0.2, 0.25) is 5.88 Å². The predicted molar refractivity (Wildman–Crippen MR) is 132 cm³/mol. The maximum absolute atomic E-state index is 6.52. The standard InChI is InChI=1S/C27H33ClN2O2/c1-18-26(2,3)16-21(17-27(18,4)5)32-25-15-23(19-11-13-20(28)14-12-19)30(29-25)22-9-7-8-10-24(22)31-6/h8,10-15,21H,1,7,9,16-17H2,2-6H3. The van der Waals surface area contributed by atoms with Crippen LogP contribution < -0.4 is 4.74 Å². The van der Waals surface area contributed by atoms with Crippen LogP contribution in [-0.2, 0) is 4.74 Å². The summed E-state index contributed by atoms with van der Waals surface area (Å²) in [5, 5.41) is 5.62. The van der Waals surface area contributed by atoms with Gasteiger partial charge in [-0.05, 0) is 54.7 Å². The van der Waals surface area contributed by atoms with Crippen molar-refractivity contribution in [2.45, 2.75) is 59.5 Å². The molecule has 0 spiro atoms. The quantitative estimate of drug-likeness (QED) is 0.440. The third-order valence-corrected chi connectivity index (χ3v) is 7.05. The average Bonchev–Trinajstić information content (AvgIpc) is 3.15. The Morgan fingerprint density at radius 1 is 1.09 bits per heavy atom. The normalized spacial score (nSPS) is 20.5. The van der Waals surface area contributed by atoms with E-state index >= 15 is 0 Å². The molecular weight excluding hydrogens is 420 g/mol. The first-order valence-corrected chi connectivity index (χ1v) is 11.6. The molecule has 1 saturated carbocycles. The van der Waals surface area contributed by atoms with Crippen molar-refractivity contribution in [2.24, 2.45) is 10.8 Å². The molecule has 0 radical (unpaired) electrons. The van der Waals surface area contributed by atoms with Crippen molar-refractivity contribution in [3.05, 3.63) is 65.4 Å². The summed E-state index contributed by atoms with van der Waals surface area (Å²) in [5.74, 6) is 1.47. The van der Waals surface area contributed by atoms with Gasteiger partial charge in [-0.15, -0.1) is 5.10 Å². The number of rotatable bonds is 5. The van der Waals surface area contributed by atoms with Gasteiger partial charge in [-0.2, -0.15) is 0 Å². The summed E-state index contributed by atoms with van der Waals surface area (Å²) in [6.45, 7) is 13.4. The Bertz CT molecular complexity index is 1050. The molecule has 0 amide bonds. The highest BCUT2D eigenvalue weighted by atomic mass is 35.5. The first-order chi connectivity index (χ1) is 15.1. The molecule has 1 fully saturated rings. The van der Waals surface area contributed by atoms with Crippen LogP contribution in [0.5, 0.6) is 5.88 Å². The van der Waals surface area contributed by atoms with Crippen LogP contribution in [0.25, 0.3) is 17.0 Å². The van der Waals surface area contributed by atoms with Crippen LogP contribution in [0.2, 0.25) is 5.02 Å². The molecule has 0 atom stereocenters. The van der Waals surface area contributed by atoms with E-state index in [4.69, 9.17) is 26.2 Å². The molecule has 1 aromatic carbocycles. The molecule has 32 heavy (non-hydrogen) atoms. The molecule has 4 rings (SSSR count). The second-order valence-electron chi connectivity index (χ2n) is 10.1. The number of aromatic nitrogens is 2. The first-order valence-electron chi connectivity index (χ1n) is 11.3. The number of hydrogen-bond donors (Lipinski definition) is 0. The van der Waals surface area contributed by atoms with E-state index in [-0.39, 0.29) is 16.9 Å². The van der Waals surface area contributed by atoms with Crippen LogP contribution in [0.3, 0.4) is 0 Å². The number of methoxy groups -OCH3 is 1. The molecule has 1 aromatic heterocycles. The molecule has 170 valence electrons. The summed E-state index contributed by atoms with van der Waals surface area (Å²) in [7, 11) is 1.70. The van der Waals surface area contributed by atoms with Gasteiger partial charge < -0.3 is 9.47 Å². The predicted octanol–water partition coefficient (Wildman–Crippen LogP) is 7.52. The van der Waals surface area contributed by atoms with Crippen molar-refractivity contribution in [1.82, 2.24) is 9.78 Å². The van der Waals surface area contributed by atoms with Crippen LogP contribution in [0, 0.1) is 10.8 Å². The van der Waals surface area contributed by atoms with E-state index in [1.54, 1.807) is 7.11 Å². The highest BCUT2D eigenvalue weighted by Gasteiger charge is 2.43. The zero-order valence-corrected chi connectivity index (χ0v) is 20.5. The summed E-state index contributed by atoms with van der Waals surface area (Å²) in [6.07, 6.45) is 7.87. The molecule has 0 aliphatic heterocycles. The summed E-state index contributed by atoms with van der Waals surface area (Å²) in [5.41, 5.74) is 4.37. The van der Waals surface area contributed by atoms with Gasteiger partial charge in [0.1, 0.15) is 11.9 Å². The maximum atomic E-state index is 6.52. The van der Waals surface area contributed by atoms with Gasteiger partial charge in [-0.3, -0.25) is 0 Å². The van der Waals surface area contributed by atoms with Crippen LogP contribution in [0.15, 0.2) is 60.4 Å². The summed E-state index contributed by atoms with van der Waals surface area (Å²) < 4.78 is 14.1. The van der Waals surface area contributed by atoms with Gasteiger partial charge >= 0.3 is 0 Å². The smallest absolute Gasteiger partial charge is 0.234 e. The van der Waals surface area contributed by atoms with Gasteiger partial charge in [0.15, 0.2) is 0 Å². The lowest BCUT2D eigenvalue weighted by atomic mass is 9.61. The van der Waals surface area contributed by atoms with E-state index in [2.05, 4.69) is 40.3 Å². The molecule has 0 saturated heterocycles. The highest BCUT2D eigenvalue weighted by Crippen LogP contribution is 2.50. The second kappa shape index (κ2) is 8.47. The van der Waals surface area contributed by atoms with E-state index in [0.29, 0.717) is 10.9 Å². The van der Waals surface area contributed by atoms with Crippen molar-refractivity contribution in [3.63, 3.8) is 0 Å². The lowest BCUT2D eigenvalue weighted by Gasteiger charge is -2.46. The van der Waals surface area contributed by atoms with Gasteiger partial charge in [0.25, 0.3) is 0 Å². The van der Waals surface area contributed by atoms with E-state index in [0.717, 1.165) is 48.4 Å². The van der Waals surface area contributed by atoms with E-state index in [1.165, 1.54) is 5.57 Å². The van der Waals surface area contributed by atoms with Crippen LogP contribution >= 0.6 is 11.6 Å². The maximum Gasteiger partial charge on any atom is 0.234 e. The number of nitrogens with zero attached hydrogens (tertiary/aromatic N) is 2. The minimum absolute atomic E-state index is 0.0217. The van der Waals surface area contributed by atoms with Crippen molar-refractivity contribution >= 4 is 17.3 Å². The fraction of sp³-hybridized carbons (Fsp3) is 0.444. The lowest BCUT2D eigenvalue weighted by molar-refractivity contribution is 0.0615. The van der Waals surface area contributed by atoms with Crippen molar-refractivity contribution in [2.75, 3.05) is 7.11 Å². The third-order valence-electron chi connectivity index (χ3n) is 6.80. The van der Waals surface area contributed by atoms with Gasteiger partial charge in [0.05, 0.1) is 18.5 Å². The van der Waals surface area contributed by atoms with Crippen LogP contribution in [0.4, 0.5) is 0 Å². The topological polar surface area (TPSA) is 36.3 Å². The summed E-state index contributed by atoms with van der Waals surface area (Å²) >= 11 is 6.14. The Labute approximate surface area is 196 Å². The molecule has 1 heterocycles. The monoisotopic (exact) mass is 452 g/mol. The minimum atomic E-state index is 0.0217. The molecular formula is C27H33ClN2O2. The zero-order valence-electron chi connectivity index (χ0n) is 19.7. The fourth-order valence-corrected chi connectivity index (χ4v) is 5.23. The van der Waals surface area contributed by atoms with Gasteiger partial charge in [0, 0.05) is 16.7 Å². The van der Waals surface area contributed by atoms with Crippen LogP contribution in [-0.4, -0.2) is 23.0 Å².